The van der Waals surface area contributed by atoms with Crippen LogP contribution >= 0.6 is 0 Å². The lowest BCUT2D eigenvalue weighted by Gasteiger charge is -2.24. The zero-order chi connectivity index (χ0) is 14.8. The van der Waals surface area contributed by atoms with Gasteiger partial charge in [0.25, 0.3) is 0 Å². The molecule has 1 aliphatic heterocycles. The Kier molecular flexibility index (Phi) is 3.75. The Morgan fingerprint density at radius 1 is 1.33 bits per heavy atom. The quantitative estimate of drug-likeness (QED) is 0.935. The SMILES string of the molecule is CNc1cc(N2c3ccccc3CC2C)nc(COC)n1. The molecule has 1 unspecified atom stereocenters. The van der Waals surface area contributed by atoms with Gasteiger partial charge in [-0.05, 0) is 25.0 Å². The minimum absolute atomic E-state index is 0.386. The number of hydrogen-bond acceptors (Lipinski definition) is 5. The predicted octanol–water partition coefficient (Wildman–Crippen LogP) is 2.75. The van der Waals surface area contributed by atoms with Crippen LogP contribution in [0.3, 0.4) is 0 Å². The van der Waals surface area contributed by atoms with E-state index in [0.717, 1.165) is 18.1 Å². The van der Waals surface area contributed by atoms with Crippen molar-refractivity contribution in [3.63, 3.8) is 0 Å². The molecule has 2 heterocycles. The topological polar surface area (TPSA) is 50.3 Å². The van der Waals surface area contributed by atoms with Crippen LogP contribution in [0, 0.1) is 0 Å². The smallest absolute Gasteiger partial charge is 0.158 e. The summed E-state index contributed by atoms with van der Waals surface area (Å²) in [6.45, 7) is 2.63. The van der Waals surface area contributed by atoms with Crippen LogP contribution in [-0.2, 0) is 17.8 Å². The number of nitrogens with zero attached hydrogens (tertiary/aromatic N) is 3. The van der Waals surface area contributed by atoms with Crippen LogP contribution in [0.5, 0.6) is 0 Å². The maximum atomic E-state index is 5.17. The lowest BCUT2D eigenvalue weighted by molar-refractivity contribution is 0.178. The maximum Gasteiger partial charge on any atom is 0.158 e. The third kappa shape index (κ3) is 2.56. The average molecular weight is 284 g/mol. The van der Waals surface area contributed by atoms with E-state index in [-0.39, 0.29) is 0 Å². The third-order valence-electron chi connectivity index (χ3n) is 3.74. The highest BCUT2D eigenvalue weighted by Crippen LogP contribution is 2.37. The Labute approximate surface area is 125 Å². The highest BCUT2D eigenvalue weighted by molar-refractivity contribution is 5.70. The van der Waals surface area contributed by atoms with Crippen LogP contribution in [0.4, 0.5) is 17.3 Å². The summed E-state index contributed by atoms with van der Waals surface area (Å²) in [4.78, 5) is 11.3. The molecule has 3 rings (SSSR count). The van der Waals surface area contributed by atoms with Gasteiger partial charge in [0.15, 0.2) is 5.82 Å². The molecule has 2 aromatic rings. The molecule has 0 radical (unpaired) electrons. The van der Waals surface area contributed by atoms with E-state index in [2.05, 4.69) is 51.4 Å². The zero-order valence-corrected chi connectivity index (χ0v) is 12.6. The molecule has 0 fully saturated rings. The largest absolute Gasteiger partial charge is 0.377 e. The molecule has 0 spiro atoms. The van der Waals surface area contributed by atoms with Gasteiger partial charge in [-0.3, -0.25) is 0 Å². The molecule has 5 heteroatoms. The highest BCUT2D eigenvalue weighted by Gasteiger charge is 2.28. The van der Waals surface area contributed by atoms with Gasteiger partial charge in [-0.25, -0.2) is 9.97 Å². The molecular formula is C16H20N4O. The molecule has 1 atom stereocenters. The Bertz CT molecular complexity index is 644. The van der Waals surface area contributed by atoms with Crippen LogP contribution in [0.2, 0.25) is 0 Å². The zero-order valence-electron chi connectivity index (χ0n) is 12.6. The molecule has 0 aliphatic carbocycles. The second kappa shape index (κ2) is 5.69. The second-order valence-electron chi connectivity index (χ2n) is 5.26. The molecule has 5 nitrogen and oxygen atoms in total. The third-order valence-corrected chi connectivity index (χ3v) is 3.74. The van der Waals surface area contributed by atoms with Crippen LogP contribution < -0.4 is 10.2 Å². The van der Waals surface area contributed by atoms with Crippen LogP contribution in [0.15, 0.2) is 30.3 Å². The minimum atomic E-state index is 0.386. The highest BCUT2D eigenvalue weighted by atomic mass is 16.5. The van der Waals surface area contributed by atoms with Crippen molar-refractivity contribution >= 4 is 17.3 Å². The van der Waals surface area contributed by atoms with Crippen molar-refractivity contribution in [2.24, 2.45) is 0 Å². The Balaban J connectivity index is 2.05. The summed E-state index contributed by atoms with van der Waals surface area (Å²) in [5, 5.41) is 3.10. The Hall–Kier alpha value is -2.14. The Morgan fingerprint density at radius 3 is 2.90 bits per heavy atom. The fourth-order valence-electron chi connectivity index (χ4n) is 2.84. The van der Waals surface area contributed by atoms with Crippen molar-refractivity contribution in [3.05, 3.63) is 41.7 Å². The monoisotopic (exact) mass is 284 g/mol. The standard InChI is InChI=1S/C16H20N4O/c1-11-8-12-6-4-5-7-13(12)20(11)16-9-14(17-2)18-15(19-16)10-21-3/h4-7,9,11H,8,10H2,1-3H3,(H,17,18,19). The van der Waals surface area contributed by atoms with Gasteiger partial charge in [0, 0.05) is 32.0 Å². The first-order chi connectivity index (χ1) is 10.2. The van der Waals surface area contributed by atoms with Gasteiger partial charge in [0.2, 0.25) is 0 Å². The van der Waals surface area contributed by atoms with E-state index in [1.165, 1.54) is 11.3 Å². The fraction of sp³-hybridized carbons (Fsp3) is 0.375. The first-order valence-corrected chi connectivity index (χ1v) is 7.14. The lowest BCUT2D eigenvalue weighted by atomic mass is 10.1. The molecule has 0 saturated carbocycles. The molecule has 0 amide bonds. The summed E-state index contributed by atoms with van der Waals surface area (Å²) < 4.78 is 5.17. The number of rotatable bonds is 4. The summed E-state index contributed by atoms with van der Waals surface area (Å²) in [7, 11) is 3.52. The minimum Gasteiger partial charge on any atom is -0.377 e. The van der Waals surface area contributed by atoms with Crippen molar-refractivity contribution in [2.45, 2.75) is 26.0 Å². The van der Waals surface area contributed by atoms with Crippen LogP contribution in [0.1, 0.15) is 18.3 Å². The molecule has 1 aromatic carbocycles. The second-order valence-corrected chi connectivity index (χ2v) is 5.26. The van der Waals surface area contributed by atoms with Gasteiger partial charge in [0.1, 0.15) is 18.2 Å². The van der Waals surface area contributed by atoms with E-state index in [1.54, 1.807) is 7.11 Å². The first-order valence-electron chi connectivity index (χ1n) is 7.14. The van der Waals surface area contributed by atoms with Crippen molar-refractivity contribution in [1.82, 2.24) is 9.97 Å². The van der Waals surface area contributed by atoms with E-state index in [9.17, 15) is 0 Å². The van der Waals surface area contributed by atoms with E-state index in [0.29, 0.717) is 18.5 Å². The summed E-state index contributed by atoms with van der Waals surface area (Å²) in [5.74, 6) is 2.42. The van der Waals surface area contributed by atoms with E-state index in [1.807, 2.05) is 13.1 Å². The normalized spacial score (nSPS) is 16.9. The van der Waals surface area contributed by atoms with Crippen LogP contribution in [0.25, 0.3) is 0 Å². The molecule has 21 heavy (non-hydrogen) atoms. The molecular weight excluding hydrogens is 264 g/mol. The van der Waals surface area contributed by atoms with Gasteiger partial charge in [-0.1, -0.05) is 18.2 Å². The van der Waals surface area contributed by atoms with E-state index in [4.69, 9.17) is 4.74 Å². The molecule has 110 valence electrons. The number of nitrogens with one attached hydrogen (secondary N) is 1. The van der Waals surface area contributed by atoms with Crippen molar-refractivity contribution in [1.29, 1.82) is 0 Å². The molecule has 1 aromatic heterocycles. The van der Waals surface area contributed by atoms with Crippen molar-refractivity contribution in [2.75, 3.05) is 24.4 Å². The van der Waals surface area contributed by atoms with Crippen LogP contribution in [-0.4, -0.2) is 30.2 Å². The predicted molar refractivity (Wildman–Crippen MR) is 84.0 cm³/mol. The number of ether oxygens (including phenoxy) is 1. The number of fused-ring (bicyclic) bond motifs is 1. The number of methoxy groups -OCH3 is 1. The number of benzene rings is 1. The summed E-state index contributed by atoms with van der Waals surface area (Å²) in [5.41, 5.74) is 2.59. The van der Waals surface area contributed by atoms with E-state index < -0.39 is 0 Å². The van der Waals surface area contributed by atoms with Crippen molar-refractivity contribution < 1.29 is 4.74 Å². The number of hydrogen-bond donors (Lipinski definition) is 1. The van der Waals surface area contributed by atoms with Gasteiger partial charge in [-0.2, -0.15) is 0 Å². The summed E-state index contributed by atoms with van der Waals surface area (Å²) in [6, 6.07) is 10.9. The van der Waals surface area contributed by atoms with Gasteiger partial charge in [-0.15, -0.1) is 0 Å². The lowest BCUT2D eigenvalue weighted by Crippen LogP contribution is -2.25. The summed E-state index contributed by atoms with van der Waals surface area (Å²) in [6.07, 6.45) is 1.04. The molecule has 1 N–H and O–H groups in total. The average Bonchev–Trinajstić information content (AvgIpc) is 2.83. The maximum absolute atomic E-state index is 5.17. The molecule has 1 aliphatic rings. The van der Waals surface area contributed by atoms with Gasteiger partial charge < -0.3 is 15.0 Å². The number of para-hydroxylation sites is 1. The Morgan fingerprint density at radius 2 is 2.14 bits per heavy atom. The fourth-order valence-corrected chi connectivity index (χ4v) is 2.84. The van der Waals surface area contributed by atoms with E-state index >= 15 is 0 Å². The van der Waals surface area contributed by atoms with Crippen molar-refractivity contribution in [3.8, 4) is 0 Å². The molecule has 0 saturated heterocycles. The van der Waals surface area contributed by atoms with Gasteiger partial charge in [0.05, 0.1) is 0 Å². The summed E-state index contributed by atoms with van der Waals surface area (Å²) >= 11 is 0. The first kappa shape index (κ1) is 13.8. The number of aromatic nitrogens is 2. The molecule has 0 bridgehead atoms. The van der Waals surface area contributed by atoms with Gasteiger partial charge >= 0.3 is 0 Å². The number of anilines is 3.